The van der Waals surface area contributed by atoms with Crippen molar-refractivity contribution in [1.29, 1.82) is 0 Å². The summed E-state index contributed by atoms with van der Waals surface area (Å²) >= 11 is 8.08. The molecule has 26 heavy (non-hydrogen) atoms. The van der Waals surface area contributed by atoms with Crippen molar-refractivity contribution >= 4 is 55.5 Å². The molecule has 0 unspecified atom stereocenters. The quantitative estimate of drug-likeness (QED) is 0.641. The standard InChI is InChI=1S/C18H18ClN3O2S2/c1-22(2)26(23,24)14-8-9-16-17(11-14)21-18(20-16)15(19)10-12-4-6-13(25-3)7-5-12/h4-11H,1-3H3,(H,20,21)/b15-10-. The Morgan fingerprint density at radius 2 is 1.88 bits per heavy atom. The molecule has 0 fully saturated rings. The average molecular weight is 408 g/mol. The molecule has 1 N–H and O–H groups in total. The van der Waals surface area contributed by atoms with Gasteiger partial charge in [0.2, 0.25) is 10.0 Å². The third kappa shape index (κ3) is 3.81. The number of aromatic amines is 1. The molecular formula is C18H18ClN3O2S2. The number of nitrogens with one attached hydrogen (secondary N) is 1. The van der Waals surface area contributed by atoms with Crippen LogP contribution in [0.15, 0.2) is 52.3 Å². The van der Waals surface area contributed by atoms with Gasteiger partial charge in [0, 0.05) is 19.0 Å². The van der Waals surface area contributed by atoms with Gasteiger partial charge in [-0.15, -0.1) is 11.8 Å². The number of H-pyrrole nitrogens is 1. The van der Waals surface area contributed by atoms with Crippen LogP contribution in [0.1, 0.15) is 11.4 Å². The van der Waals surface area contributed by atoms with Crippen molar-refractivity contribution < 1.29 is 8.42 Å². The van der Waals surface area contributed by atoms with Crippen LogP contribution in [0.25, 0.3) is 22.1 Å². The van der Waals surface area contributed by atoms with Crippen LogP contribution in [0, 0.1) is 0 Å². The summed E-state index contributed by atoms with van der Waals surface area (Å²) in [5, 5.41) is 0.454. The lowest BCUT2D eigenvalue weighted by Gasteiger charge is -2.10. The maximum absolute atomic E-state index is 12.3. The topological polar surface area (TPSA) is 66.1 Å². The zero-order chi connectivity index (χ0) is 18.9. The molecule has 2 aromatic carbocycles. The second-order valence-electron chi connectivity index (χ2n) is 5.82. The van der Waals surface area contributed by atoms with E-state index in [-0.39, 0.29) is 4.90 Å². The van der Waals surface area contributed by atoms with E-state index in [4.69, 9.17) is 11.6 Å². The lowest BCUT2D eigenvalue weighted by Crippen LogP contribution is -2.22. The molecule has 0 amide bonds. The van der Waals surface area contributed by atoms with Crippen LogP contribution in [0.3, 0.4) is 0 Å². The van der Waals surface area contributed by atoms with Gasteiger partial charge in [-0.3, -0.25) is 0 Å². The third-order valence-corrected chi connectivity index (χ3v) is 6.71. The van der Waals surface area contributed by atoms with E-state index in [9.17, 15) is 8.42 Å². The highest BCUT2D eigenvalue weighted by molar-refractivity contribution is 7.98. The normalized spacial score (nSPS) is 12.9. The van der Waals surface area contributed by atoms with E-state index < -0.39 is 10.0 Å². The number of imidazole rings is 1. The van der Waals surface area contributed by atoms with Crippen molar-refractivity contribution in [2.45, 2.75) is 9.79 Å². The number of hydrogen-bond donors (Lipinski definition) is 1. The minimum Gasteiger partial charge on any atom is -0.337 e. The Bertz CT molecular complexity index is 1070. The average Bonchev–Trinajstić information content (AvgIpc) is 3.05. The highest BCUT2D eigenvalue weighted by Crippen LogP contribution is 2.25. The van der Waals surface area contributed by atoms with Gasteiger partial charge in [-0.05, 0) is 48.2 Å². The summed E-state index contributed by atoms with van der Waals surface area (Å²) in [6.07, 6.45) is 3.85. The fraction of sp³-hybridized carbons (Fsp3) is 0.167. The van der Waals surface area contributed by atoms with E-state index in [1.54, 1.807) is 30.0 Å². The largest absolute Gasteiger partial charge is 0.337 e. The van der Waals surface area contributed by atoms with Gasteiger partial charge in [0.25, 0.3) is 0 Å². The number of aromatic nitrogens is 2. The second-order valence-corrected chi connectivity index (χ2v) is 9.26. The van der Waals surface area contributed by atoms with Crippen molar-refractivity contribution in [3.8, 4) is 0 Å². The lowest BCUT2D eigenvalue weighted by atomic mass is 10.2. The summed E-state index contributed by atoms with van der Waals surface area (Å²) in [5.41, 5.74) is 2.23. The predicted molar refractivity (Wildman–Crippen MR) is 109 cm³/mol. The molecule has 8 heteroatoms. The van der Waals surface area contributed by atoms with Gasteiger partial charge < -0.3 is 4.98 Å². The maximum atomic E-state index is 12.3. The van der Waals surface area contributed by atoms with E-state index in [2.05, 4.69) is 9.97 Å². The number of rotatable bonds is 5. The molecule has 0 atom stereocenters. The molecule has 0 saturated heterocycles. The molecule has 0 saturated carbocycles. The second kappa shape index (κ2) is 7.44. The first-order chi connectivity index (χ1) is 12.3. The molecule has 1 heterocycles. The number of nitrogens with zero attached hydrogens (tertiary/aromatic N) is 2. The smallest absolute Gasteiger partial charge is 0.242 e. The lowest BCUT2D eigenvalue weighted by molar-refractivity contribution is 0.521. The first kappa shape index (κ1) is 19.0. The predicted octanol–water partition coefficient (Wildman–Crippen LogP) is 4.27. The minimum atomic E-state index is -3.50. The Morgan fingerprint density at radius 1 is 1.19 bits per heavy atom. The number of thioether (sulfide) groups is 1. The van der Waals surface area contributed by atoms with Crippen molar-refractivity contribution in [2.75, 3.05) is 20.4 Å². The Kier molecular flexibility index (Phi) is 5.43. The third-order valence-electron chi connectivity index (χ3n) is 3.87. The van der Waals surface area contributed by atoms with Crippen LogP contribution in [0.4, 0.5) is 0 Å². The van der Waals surface area contributed by atoms with E-state index in [1.165, 1.54) is 23.3 Å². The SMILES string of the molecule is CSc1ccc(/C=C(\Cl)c2nc3ccc(S(=O)(=O)N(C)C)cc3[nH]2)cc1. The first-order valence-electron chi connectivity index (χ1n) is 7.75. The molecule has 0 radical (unpaired) electrons. The molecule has 0 bridgehead atoms. The Labute approximate surface area is 162 Å². The van der Waals surface area contributed by atoms with Crippen LogP contribution < -0.4 is 0 Å². The number of sulfonamides is 1. The van der Waals surface area contributed by atoms with Crippen LogP contribution in [-0.2, 0) is 10.0 Å². The Hall–Kier alpha value is -1.80. The molecule has 0 aliphatic rings. The van der Waals surface area contributed by atoms with Crippen molar-refractivity contribution in [3.63, 3.8) is 0 Å². The molecular weight excluding hydrogens is 390 g/mol. The van der Waals surface area contributed by atoms with Crippen molar-refractivity contribution in [1.82, 2.24) is 14.3 Å². The fourth-order valence-electron chi connectivity index (χ4n) is 2.39. The number of fused-ring (bicyclic) bond motifs is 1. The number of benzene rings is 2. The van der Waals surface area contributed by atoms with Crippen molar-refractivity contribution in [2.24, 2.45) is 0 Å². The summed E-state index contributed by atoms with van der Waals surface area (Å²) in [6.45, 7) is 0. The van der Waals surface area contributed by atoms with E-state index >= 15 is 0 Å². The molecule has 0 aliphatic carbocycles. The zero-order valence-corrected chi connectivity index (χ0v) is 16.9. The molecule has 3 aromatic rings. The van der Waals surface area contributed by atoms with Gasteiger partial charge >= 0.3 is 0 Å². The van der Waals surface area contributed by atoms with Crippen LogP contribution >= 0.6 is 23.4 Å². The van der Waals surface area contributed by atoms with Crippen LogP contribution in [0.2, 0.25) is 0 Å². The Morgan fingerprint density at radius 3 is 2.50 bits per heavy atom. The van der Waals surface area contributed by atoms with Gasteiger partial charge in [0.15, 0.2) is 0 Å². The van der Waals surface area contributed by atoms with E-state index in [1.807, 2.05) is 36.6 Å². The fourth-order valence-corrected chi connectivity index (χ4v) is 3.94. The Balaban J connectivity index is 1.96. The molecule has 136 valence electrons. The van der Waals surface area contributed by atoms with Crippen LogP contribution in [0.5, 0.6) is 0 Å². The number of halogens is 1. The molecule has 5 nitrogen and oxygen atoms in total. The van der Waals surface area contributed by atoms with Gasteiger partial charge in [-0.1, -0.05) is 23.7 Å². The van der Waals surface area contributed by atoms with Gasteiger partial charge in [0.1, 0.15) is 5.82 Å². The highest BCUT2D eigenvalue weighted by Gasteiger charge is 2.18. The monoisotopic (exact) mass is 407 g/mol. The summed E-state index contributed by atoms with van der Waals surface area (Å²) in [6, 6.07) is 12.8. The summed E-state index contributed by atoms with van der Waals surface area (Å²) < 4.78 is 25.7. The van der Waals surface area contributed by atoms with Gasteiger partial charge in [-0.2, -0.15) is 0 Å². The summed E-state index contributed by atoms with van der Waals surface area (Å²) in [5.74, 6) is 0.495. The molecule has 0 aliphatic heterocycles. The van der Waals surface area contributed by atoms with Gasteiger partial charge in [0.05, 0.1) is 21.0 Å². The van der Waals surface area contributed by atoms with E-state index in [0.29, 0.717) is 21.9 Å². The van der Waals surface area contributed by atoms with Gasteiger partial charge in [-0.25, -0.2) is 17.7 Å². The maximum Gasteiger partial charge on any atom is 0.242 e. The molecule has 1 aromatic heterocycles. The van der Waals surface area contributed by atoms with E-state index in [0.717, 1.165) is 5.56 Å². The minimum absolute atomic E-state index is 0.206. The van der Waals surface area contributed by atoms with Crippen LogP contribution in [-0.4, -0.2) is 43.0 Å². The summed E-state index contributed by atoms with van der Waals surface area (Å²) in [4.78, 5) is 8.92. The summed E-state index contributed by atoms with van der Waals surface area (Å²) in [7, 11) is -0.499. The highest BCUT2D eigenvalue weighted by atomic mass is 35.5. The zero-order valence-electron chi connectivity index (χ0n) is 14.5. The first-order valence-corrected chi connectivity index (χ1v) is 10.8. The molecule has 0 spiro atoms. The molecule has 3 rings (SSSR count). The van der Waals surface area contributed by atoms with Crippen molar-refractivity contribution in [3.05, 3.63) is 53.9 Å². The number of hydrogen-bond acceptors (Lipinski definition) is 4.